The molecular weight excluding hydrogens is 272 g/mol. The minimum atomic E-state index is -0.555. The third kappa shape index (κ3) is 2.78. The Hall–Kier alpha value is -1.89. The predicted molar refractivity (Wildman–Crippen MR) is 79.0 cm³/mol. The van der Waals surface area contributed by atoms with Gasteiger partial charge in [0.05, 0.1) is 17.6 Å². The summed E-state index contributed by atoms with van der Waals surface area (Å²) in [7, 11) is 4.71. The highest BCUT2D eigenvalue weighted by Crippen LogP contribution is 2.21. The smallest absolute Gasteiger partial charge is 0.330 e. The zero-order valence-corrected chi connectivity index (χ0v) is 13.0. The van der Waals surface area contributed by atoms with Crippen LogP contribution < -0.4 is 16.6 Å². The number of carbonyl (C=O) groups is 1. The van der Waals surface area contributed by atoms with Crippen LogP contribution in [0.5, 0.6) is 0 Å². The number of hydrogen-bond acceptors (Lipinski definition) is 4. The van der Waals surface area contributed by atoms with Crippen molar-refractivity contribution in [3.05, 3.63) is 32.6 Å². The third-order valence-electron chi connectivity index (χ3n) is 4.11. The summed E-state index contributed by atoms with van der Waals surface area (Å²) in [5.41, 5.74) is -0.859. The number of hydrogen-bond donors (Lipinski definition) is 1. The zero-order valence-electron chi connectivity index (χ0n) is 13.0. The third-order valence-corrected chi connectivity index (χ3v) is 4.11. The Balaban J connectivity index is 2.24. The van der Waals surface area contributed by atoms with Gasteiger partial charge in [-0.2, -0.15) is 0 Å². The van der Waals surface area contributed by atoms with Crippen LogP contribution in [-0.4, -0.2) is 39.1 Å². The van der Waals surface area contributed by atoms with Crippen LogP contribution in [-0.2, 0) is 25.4 Å². The molecule has 1 saturated heterocycles. The van der Waals surface area contributed by atoms with Gasteiger partial charge in [-0.25, -0.2) is 4.79 Å². The number of rotatable bonds is 3. The molecule has 0 aliphatic carbocycles. The largest absolute Gasteiger partial charge is 0.340 e. The van der Waals surface area contributed by atoms with E-state index in [1.807, 2.05) is 6.92 Å². The fourth-order valence-electron chi connectivity index (χ4n) is 2.82. The first-order valence-electron chi connectivity index (χ1n) is 7.02. The SMILES string of the molecule is CN(Cc1cn(C)c(=O)n(C)c1=O)C(=O)C1(C)CCCN1. The van der Waals surface area contributed by atoms with Crippen LogP contribution >= 0.6 is 0 Å². The van der Waals surface area contributed by atoms with Crippen molar-refractivity contribution in [2.75, 3.05) is 13.6 Å². The molecule has 0 radical (unpaired) electrons. The van der Waals surface area contributed by atoms with Crippen molar-refractivity contribution in [2.45, 2.75) is 31.8 Å². The van der Waals surface area contributed by atoms with Crippen molar-refractivity contribution < 1.29 is 4.79 Å². The second-order valence-electron chi connectivity index (χ2n) is 5.94. The molecule has 1 amide bonds. The molecule has 1 aliphatic rings. The molecule has 1 aromatic heterocycles. The molecule has 1 aliphatic heterocycles. The maximum absolute atomic E-state index is 12.5. The molecule has 0 bridgehead atoms. The predicted octanol–water partition coefficient (Wildman–Crippen LogP) is -0.815. The topological polar surface area (TPSA) is 76.3 Å². The summed E-state index contributed by atoms with van der Waals surface area (Å²) in [4.78, 5) is 37.8. The Morgan fingerprint density at radius 2 is 2.10 bits per heavy atom. The fourth-order valence-corrected chi connectivity index (χ4v) is 2.82. The van der Waals surface area contributed by atoms with Gasteiger partial charge in [-0.3, -0.25) is 14.2 Å². The van der Waals surface area contributed by atoms with Crippen molar-refractivity contribution in [3.63, 3.8) is 0 Å². The van der Waals surface area contributed by atoms with E-state index in [9.17, 15) is 14.4 Å². The van der Waals surface area contributed by atoms with Crippen LogP contribution in [0.25, 0.3) is 0 Å². The van der Waals surface area contributed by atoms with E-state index in [-0.39, 0.29) is 23.7 Å². The summed E-state index contributed by atoms with van der Waals surface area (Å²) in [6.45, 7) is 2.91. The van der Waals surface area contributed by atoms with Crippen LogP contribution in [0.1, 0.15) is 25.3 Å². The molecule has 1 N–H and O–H groups in total. The first-order valence-corrected chi connectivity index (χ1v) is 7.02. The molecule has 116 valence electrons. The van der Waals surface area contributed by atoms with E-state index in [1.165, 1.54) is 17.8 Å². The highest BCUT2D eigenvalue weighted by Gasteiger charge is 2.37. The molecule has 2 rings (SSSR count). The number of amides is 1. The lowest BCUT2D eigenvalue weighted by Crippen LogP contribution is -2.52. The van der Waals surface area contributed by atoms with Gasteiger partial charge < -0.3 is 14.8 Å². The second-order valence-corrected chi connectivity index (χ2v) is 5.94. The Bertz CT molecular complexity index is 668. The highest BCUT2D eigenvalue weighted by atomic mass is 16.2. The molecule has 1 unspecified atom stereocenters. The Kier molecular flexibility index (Phi) is 4.04. The van der Waals surface area contributed by atoms with Crippen molar-refractivity contribution in [2.24, 2.45) is 14.1 Å². The molecular formula is C14H22N4O3. The first-order chi connectivity index (χ1) is 9.76. The van der Waals surface area contributed by atoms with Gasteiger partial charge in [-0.15, -0.1) is 0 Å². The Labute approximate surface area is 123 Å². The lowest BCUT2D eigenvalue weighted by molar-refractivity contribution is -0.136. The second kappa shape index (κ2) is 5.48. The van der Waals surface area contributed by atoms with Gasteiger partial charge in [-0.1, -0.05) is 0 Å². The van der Waals surface area contributed by atoms with E-state index < -0.39 is 5.54 Å². The maximum Gasteiger partial charge on any atom is 0.330 e. The summed E-state index contributed by atoms with van der Waals surface area (Å²) < 4.78 is 2.41. The quantitative estimate of drug-likeness (QED) is 0.790. The number of aryl methyl sites for hydroxylation is 1. The standard InChI is InChI=1S/C14H22N4O3/c1-14(6-5-7-15-14)12(20)16(2)8-10-9-17(3)13(21)18(4)11(10)19/h9,15H,5-8H2,1-4H3. The zero-order chi connectivity index (χ0) is 15.8. The van der Waals surface area contributed by atoms with Gasteiger partial charge in [0, 0.05) is 27.3 Å². The minimum absolute atomic E-state index is 0.0316. The van der Waals surface area contributed by atoms with Crippen LogP contribution in [0.15, 0.2) is 15.8 Å². The van der Waals surface area contributed by atoms with Gasteiger partial charge in [0.25, 0.3) is 5.56 Å². The van der Waals surface area contributed by atoms with E-state index in [4.69, 9.17) is 0 Å². The van der Waals surface area contributed by atoms with Crippen LogP contribution in [0.3, 0.4) is 0 Å². The summed E-state index contributed by atoms with van der Waals surface area (Å²) in [6.07, 6.45) is 3.26. The normalized spacial score (nSPS) is 21.5. The van der Waals surface area contributed by atoms with Gasteiger partial charge in [0.15, 0.2) is 0 Å². The van der Waals surface area contributed by atoms with Crippen molar-refractivity contribution in [1.82, 2.24) is 19.4 Å². The molecule has 7 nitrogen and oxygen atoms in total. The van der Waals surface area contributed by atoms with Crippen molar-refractivity contribution >= 4 is 5.91 Å². The Morgan fingerprint density at radius 3 is 2.67 bits per heavy atom. The number of nitrogens with one attached hydrogen (secondary N) is 1. The summed E-state index contributed by atoms with van der Waals surface area (Å²) in [6, 6.07) is 0. The minimum Gasteiger partial charge on any atom is -0.340 e. The number of carbonyl (C=O) groups excluding carboxylic acids is 1. The van der Waals surface area contributed by atoms with Gasteiger partial charge >= 0.3 is 5.69 Å². The van der Waals surface area contributed by atoms with E-state index in [1.54, 1.807) is 19.0 Å². The average molecular weight is 294 g/mol. The molecule has 2 heterocycles. The molecule has 7 heteroatoms. The molecule has 1 aromatic rings. The van der Waals surface area contributed by atoms with Crippen molar-refractivity contribution in [1.29, 1.82) is 0 Å². The average Bonchev–Trinajstić information content (AvgIpc) is 2.89. The van der Waals surface area contributed by atoms with E-state index in [0.29, 0.717) is 5.56 Å². The summed E-state index contributed by atoms with van der Waals surface area (Å²) >= 11 is 0. The number of nitrogens with zero attached hydrogens (tertiary/aromatic N) is 3. The van der Waals surface area contributed by atoms with Crippen LogP contribution in [0.2, 0.25) is 0 Å². The van der Waals surface area contributed by atoms with E-state index in [2.05, 4.69) is 5.32 Å². The van der Waals surface area contributed by atoms with E-state index in [0.717, 1.165) is 24.0 Å². The van der Waals surface area contributed by atoms with Crippen LogP contribution in [0, 0.1) is 0 Å². The highest BCUT2D eigenvalue weighted by molar-refractivity contribution is 5.86. The molecule has 0 saturated carbocycles. The lowest BCUT2D eigenvalue weighted by atomic mass is 9.98. The van der Waals surface area contributed by atoms with Gasteiger partial charge in [0.2, 0.25) is 5.91 Å². The first kappa shape index (κ1) is 15.5. The monoisotopic (exact) mass is 294 g/mol. The number of likely N-dealkylation sites (N-methyl/N-ethyl adjacent to an activating group) is 1. The van der Waals surface area contributed by atoms with Gasteiger partial charge in [0.1, 0.15) is 0 Å². The van der Waals surface area contributed by atoms with Crippen molar-refractivity contribution in [3.8, 4) is 0 Å². The summed E-state index contributed by atoms with van der Waals surface area (Å²) in [5, 5.41) is 3.22. The van der Waals surface area contributed by atoms with E-state index >= 15 is 0 Å². The molecule has 1 atom stereocenters. The van der Waals surface area contributed by atoms with Crippen LogP contribution in [0.4, 0.5) is 0 Å². The molecule has 0 spiro atoms. The maximum atomic E-state index is 12.5. The summed E-state index contributed by atoms with van der Waals surface area (Å²) in [5.74, 6) is -0.0316. The van der Waals surface area contributed by atoms with Gasteiger partial charge in [-0.05, 0) is 26.3 Å². The molecule has 1 fully saturated rings. The molecule has 21 heavy (non-hydrogen) atoms. The number of aromatic nitrogens is 2. The molecule has 0 aromatic carbocycles. The lowest BCUT2D eigenvalue weighted by Gasteiger charge is -2.29. The Morgan fingerprint density at radius 1 is 1.43 bits per heavy atom. The fraction of sp³-hybridized carbons (Fsp3) is 0.643.